The molecule has 2 atom stereocenters. The van der Waals surface area contributed by atoms with Gasteiger partial charge in [0.2, 0.25) is 0 Å². The molecule has 0 saturated carbocycles. The molecule has 0 aliphatic carbocycles. The van der Waals surface area contributed by atoms with Gasteiger partial charge >= 0.3 is 0 Å². The Labute approximate surface area is 60.4 Å². The molecular formula is C7H13NO2. The SMILES string of the molecule is O=CC1CCC[C@@H](CO)N1. The van der Waals surface area contributed by atoms with Crippen LogP contribution in [0.25, 0.3) is 0 Å². The van der Waals surface area contributed by atoms with Crippen LogP contribution in [0, 0.1) is 0 Å². The zero-order chi connectivity index (χ0) is 7.40. The van der Waals surface area contributed by atoms with Gasteiger partial charge in [-0.1, -0.05) is 0 Å². The van der Waals surface area contributed by atoms with Gasteiger partial charge in [0.15, 0.2) is 0 Å². The van der Waals surface area contributed by atoms with Crippen molar-refractivity contribution >= 4 is 6.29 Å². The summed E-state index contributed by atoms with van der Waals surface area (Å²) in [5.74, 6) is 0. The van der Waals surface area contributed by atoms with E-state index >= 15 is 0 Å². The van der Waals surface area contributed by atoms with Crippen LogP contribution < -0.4 is 5.32 Å². The maximum absolute atomic E-state index is 10.3. The molecule has 58 valence electrons. The number of hydrogen-bond acceptors (Lipinski definition) is 3. The van der Waals surface area contributed by atoms with E-state index in [2.05, 4.69) is 5.32 Å². The van der Waals surface area contributed by atoms with Crippen LogP contribution in [0.3, 0.4) is 0 Å². The quantitative estimate of drug-likeness (QED) is 0.521. The Morgan fingerprint density at radius 1 is 1.60 bits per heavy atom. The smallest absolute Gasteiger partial charge is 0.136 e. The molecule has 1 fully saturated rings. The number of aliphatic hydroxyl groups excluding tert-OH is 1. The second-order valence-electron chi connectivity index (χ2n) is 2.72. The van der Waals surface area contributed by atoms with Gasteiger partial charge in [-0.25, -0.2) is 0 Å². The number of rotatable bonds is 2. The Bertz CT molecular complexity index is 116. The number of aldehydes is 1. The summed E-state index contributed by atoms with van der Waals surface area (Å²) in [6.45, 7) is 0.143. The van der Waals surface area contributed by atoms with E-state index < -0.39 is 0 Å². The first-order chi connectivity index (χ1) is 4.86. The average Bonchev–Trinajstić information content (AvgIpc) is 2.05. The van der Waals surface area contributed by atoms with E-state index in [9.17, 15) is 4.79 Å². The number of hydrogen-bond donors (Lipinski definition) is 2. The molecule has 1 aliphatic rings. The van der Waals surface area contributed by atoms with Gasteiger partial charge in [0, 0.05) is 6.04 Å². The number of nitrogens with one attached hydrogen (secondary N) is 1. The van der Waals surface area contributed by atoms with E-state index in [0.717, 1.165) is 25.5 Å². The minimum Gasteiger partial charge on any atom is -0.395 e. The van der Waals surface area contributed by atoms with Crippen molar-refractivity contribution in [3.63, 3.8) is 0 Å². The summed E-state index contributed by atoms with van der Waals surface area (Å²) in [6.07, 6.45) is 3.87. The molecule has 0 bridgehead atoms. The van der Waals surface area contributed by atoms with Crippen molar-refractivity contribution in [3.8, 4) is 0 Å². The predicted octanol–water partition coefficient (Wildman–Crippen LogP) is -0.312. The zero-order valence-electron chi connectivity index (χ0n) is 5.92. The highest BCUT2D eigenvalue weighted by Crippen LogP contribution is 2.10. The molecule has 0 aromatic heterocycles. The molecule has 0 radical (unpaired) electrons. The molecule has 3 heteroatoms. The lowest BCUT2D eigenvalue weighted by Gasteiger charge is -2.25. The van der Waals surface area contributed by atoms with Crippen molar-refractivity contribution < 1.29 is 9.90 Å². The first kappa shape index (κ1) is 7.69. The first-order valence-electron chi connectivity index (χ1n) is 3.69. The second kappa shape index (κ2) is 3.68. The predicted molar refractivity (Wildman–Crippen MR) is 37.7 cm³/mol. The van der Waals surface area contributed by atoms with Crippen LogP contribution in [0.5, 0.6) is 0 Å². The van der Waals surface area contributed by atoms with Crippen LogP contribution in [0.4, 0.5) is 0 Å². The fraction of sp³-hybridized carbons (Fsp3) is 0.857. The van der Waals surface area contributed by atoms with Gasteiger partial charge in [-0.15, -0.1) is 0 Å². The molecule has 0 aromatic carbocycles. The van der Waals surface area contributed by atoms with Gasteiger partial charge in [0.1, 0.15) is 6.29 Å². The molecule has 1 aliphatic heterocycles. The Hall–Kier alpha value is -0.410. The molecule has 1 unspecified atom stereocenters. The molecule has 1 saturated heterocycles. The van der Waals surface area contributed by atoms with E-state index in [1.54, 1.807) is 0 Å². The minimum absolute atomic E-state index is 0.0223. The van der Waals surface area contributed by atoms with Crippen molar-refractivity contribution in [1.29, 1.82) is 0 Å². The van der Waals surface area contributed by atoms with Gasteiger partial charge < -0.3 is 15.2 Å². The largest absolute Gasteiger partial charge is 0.395 e. The summed E-state index contributed by atoms with van der Waals surface area (Å²) in [7, 11) is 0. The van der Waals surface area contributed by atoms with Gasteiger partial charge in [0.05, 0.1) is 12.6 Å². The van der Waals surface area contributed by atoms with Gasteiger partial charge in [-0.05, 0) is 19.3 Å². The lowest BCUT2D eigenvalue weighted by molar-refractivity contribution is -0.110. The zero-order valence-corrected chi connectivity index (χ0v) is 5.92. The minimum atomic E-state index is -0.0223. The van der Waals surface area contributed by atoms with Crippen molar-refractivity contribution in [1.82, 2.24) is 5.32 Å². The summed E-state index contributed by atoms with van der Waals surface area (Å²) in [6, 6.07) is 0.120. The van der Waals surface area contributed by atoms with Crippen molar-refractivity contribution in [2.75, 3.05) is 6.61 Å². The fourth-order valence-corrected chi connectivity index (χ4v) is 1.30. The molecule has 1 heterocycles. The molecule has 10 heavy (non-hydrogen) atoms. The highest BCUT2D eigenvalue weighted by atomic mass is 16.3. The Morgan fingerprint density at radius 3 is 3.00 bits per heavy atom. The summed E-state index contributed by atoms with van der Waals surface area (Å²) < 4.78 is 0. The van der Waals surface area contributed by atoms with Crippen LogP contribution in [0.1, 0.15) is 19.3 Å². The second-order valence-corrected chi connectivity index (χ2v) is 2.72. The van der Waals surface area contributed by atoms with Crippen molar-refractivity contribution in [2.24, 2.45) is 0 Å². The molecule has 0 spiro atoms. The van der Waals surface area contributed by atoms with Crippen molar-refractivity contribution in [3.05, 3.63) is 0 Å². The molecule has 3 nitrogen and oxygen atoms in total. The molecular weight excluding hydrogens is 130 g/mol. The lowest BCUT2D eigenvalue weighted by Crippen LogP contribution is -2.44. The lowest BCUT2D eigenvalue weighted by atomic mass is 10.0. The first-order valence-corrected chi connectivity index (χ1v) is 3.69. The summed E-state index contributed by atoms with van der Waals surface area (Å²) in [5, 5.41) is 11.8. The van der Waals surface area contributed by atoms with Crippen LogP contribution in [0.2, 0.25) is 0 Å². The topological polar surface area (TPSA) is 49.3 Å². The number of carbonyl (C=O) groups is 1. The molecule has 0 amide bonds. The number of piperidine rings is 1. The average molecular weight is 143 g/mol. The molecule has 0 aromatic rings. The molecule has 2 N–H and O–H groups in total. The van der Waals surface area contributed by atoms with E-state index in [-0.39, 0.29) is 18.7 Å². The Balaban J connectivity index is 2.31. The standard InChI is InChI=1S/C7H13NO2/c9-4-6-2-1-3-7(5-10)8-6/h4,6-8,10H,1-3,5H2/t6?,7-/m0/s1. The van der Waals surface area contributed by atoms with E-state index in [1.165, 1.54) is 0 Å². The highest BCUT2D eigenvalue weighted by Gasteiger charge is 2.18. The van der Waals surface area contributed by atoms with E-state index in [1.807, 2.05) is 0 Å². The summed E-state index contributed by atoms with van der Waals surface area (Å²) in [5.41, 5.74) is 0. The van der Waals surface area contributed by atoms with Crippen molar-refractivity contribution in [2.45, 2.75) is 31.3 Å². The number of aliphatic hydroxyl groups is 1. The van der Waals surface area contributed by atoms with Crippen LogP contribution in [-0.4, -0.2) is 30.1 Å². The van der Waals surface area contributed by atoms with E-state index in [0.29, 0.717) is 0 Å². The monoisotopic (exact) mass is 143 g/mol. The third kappa shape index (κ3) is 1.78. The Morgan fingerprint density at radius 2 is 2.40 bits per heavy atom. The van der Waals surface area contributed by atoms with Crippen LogP contribution >= 0.6 is 0 Å². The summed E-state index contributed by atoms with van der Waals surface area (Å²) >= 11 is 0. The van der Waals surface area contributed by atoms with Gasteiger partial charge in [0.25, 0.3) is 0 Å². The molecule has 1 rings (SSSR count). The van der Waals surface area contributed by atoms with E-state index in [4.69, 9.17) is 5.11 Å². The fourth-order valence-electron chi connectivity index (χ4n) is 1.30. The van der Waals surface area contributed by atoms with Gasteiger partial charge in [-0.2, -0.15) is 0 Å². The number of carbonyl (C=O) groups excluding carboxylic acids is 1. The third-order valence-corrected chi connectivity index (χ3v) is 1.90. The van der Waals surface area contributed by atoms with Crippen LogP contribution in [-0.2, 0) is 4.79 Å². The maximum Gasteiger partial charge on any atom is 0.136 e. The highest BCUT2D eigenvalue weighted by molar-refractivity contribution is 5.57. The Kier molecular flexibility index (Phi) is 2.83. The normalized spacial score (nSPS) is 33.7. The third-order valence-electron chi connectivity index (χ3n) is 1.90. The summed E-state index contributed by atoms with van der Waals surface area (Å²) in [4.78, 5) is 10.3. The van der Waals surface area contributed by atoms with Crippen LogP contribution in [0.15, 0.2) is 0 Å². The van der Waals surface area contributed by atoms with Gasteiger partial charge in [-0.3, -0.25) is 0 Å². The maximum atomic E-state index is 10.3.